The van der Waals surface area contributed by atoms with Gasteiger partial charge in [-0.15, -0.1) is 5.10 Å². The molecular weight excluding hydrogens is 224 g/mol. The zero-order valence-corrected chi connectivity index (χ0v) is 11.3. The molecule has 0 amide bonds. The Hall–Kier alpha value is -1.16. The zero-order chi connectivity index (χ0) is 12.5. The summed E-state index contributed by atoms with van der Waals surface area (Å²) in [5, 5.41) is 12.2. The fourth-order valence-corrected chi connectivity index (χ4v) is 3.43. The highest BCUT2D eigenvalue weighted by molar-refractivity contribution is 5.39. The van der Waals surface area contributed by atoms with Gasteiger partial charge in [0.25, 0.3) is 0 Å². The summed E-state index contributed by atoms with van der Waals surface area (Å²) in [5.74, 6) is 1.04. The first-order valence-corrected chi connectivity index (χ1v) is 7.09. The highest BCUT2D eigenvalue weighted by Gasteiger charge is 2.36. The first kappa shape index (κ1) is 11.9. The van der Waals surface area contributed by atoms with Gasteiger partial charge in [0.05, 0.1) is 5.69 Å². The Balaban J connectivity index is 1.77. The Kier molecular flexibility index (Phi) is 3.20. The number of nitrogens with one attached hydrogen (secondary N) is 1. The second-order valence-electron chi connectivity index (χ2n) is 5.58. The summed E-state index contributed by atoms with van der Waals surface area (Å²) in [6.45, 7) is 5.21. The molecule has 0 aromatic carbocycles. The third kappa shape index (κ3) is 2.21. The van der Waals surface area contributed by atoms with Crippen molar-refractivity contribution in [3.8, 4) is 0 Å². The van der Waals surface area contributed by atoms with Crippen LogP contribution in [0.5, 0.6) is 0 Å². The Morgan fingerprint density at radius 1 is 1.22 bits per heavy atom. The highest BCUT2D eigenvalue weighted by atomic mass is 15.3. The molecular formula is C14H22N4. The van der Waals surface area contributed by atoms with E-state index in [1.54, 1.807) is 0 Å². The molecule has 98 valence electrons. The molecule has 2 fully saturated rings. The maximum Gasteiger partial charge on any atom is 0.151 e. The summed E-state index contributed by atoms with van der Waals surface area (Å²) >= 11 is 0. The monoisotopic (exact) mass is 246 g/mol. The summed E-state index contributed by atoms with van der Waals surface area (Å²) in [7, 11) is 0. The quantitative estimate of drug-likeness (QED) is 0.884. The molecule has 1 N–H and O–H groups in total. The minimum absolute atomic E-state index is 0.630. The first-order valence-electron chi connectivity index (χ1n) is 7.09. The summed E-state index contributed by atoms with van der Waals surface area (Å²) in [6.07, 6.45) is 5.19. The molecule has 2 aliphatic rings. The molecule has 2 atom stereocenters. The van der Waals surface area contributed by atoms with Gasteiger partial charge in [0.2, 0.25) is 0 Å². The molecule has 18 heavy (non-hydrogen) atoms. The second kappa shape index (κ2) is 4.84. The fraction of sp³-hybridized carbons (Fsp3) is 0.714. The van der Waals surface area contributed by atoms with Crippen LogP contribution >= 0.6 is 0 Å². The Labute approximate surface area is 109 Å². The molecule has 1 aromatic heterocycles. The van der Waals surface area contributed by atoms with Crippen molar-refractivity contribution in [2.24, 2.45) is 0 Å². The van der Waals surface area contributed by atoms with Crippen LogP contribution in [-0.4, -0.2) is 34.9 Å². The molecule has 3 rings (SSSR count). The van der Waals surface area contributed by atoms with Gasteiger partial charge in [-0.1, -0.05) is 0 Å². The number of nitrogens with zero attached hydrogens (tertiary/aromatic N) is 3. The van der Waals surface area contributed by atoms with Crippen molar-refractivity contribution in [2.75, 3.05) is 11.4 Å². The van der Waals surface area contributed by atoms with Crippen LogP contribution in [0.1, 0.15) is 38.3 Å². The fourth-order valence-electron chi connectivity index (χ4n) is 3.43. The van der Waals surface area contributed by atoms with Crippen molar-refractivity contribution in [3.05, 3.63) is 17.8 Å². The third-order valence-electron chi connectivity index (χ3n) is 4.31. The lowest BCUT2D eigenvalue weighted by molar-refractivity contribution is 0.347. The molecule has 4 nitrogen and oxygen atoms in total. The standard InChI is InChI=1S/C14H22N4/c1-3-18(14-7-4-10(2)16-17-14)13-8-11-5-6-12(9-13)15-11/h4,7,11-13,15H,3,5-6,8-9H2,1-2H3. The summed E-state index contributed by atoms with van der Waals surface area (Å²) in [4.78, 5) is 2.43. The summed E-state index contributed by atoms with van der Waals surface area (Å²) in [5.41, 5.74) is 0.986. The van der Waals surface area contributed by atoms with Gasteiger partial charge in [-0.25, -0.2) is 0 Å². The number of rotatable bonds is 3. The average Bonchev–Trinajstić information content (AvgIpc) is 2.72. The van der Waals surface area contributed by atoms with Crippen LogP contribution in [0, 0.1) is 6.92 Å². The van der Waals surface area contributed by atoms with Gasteiger partial charge in [0.1, 0.15) is 0 Å². The van der Waals surface area contributed by atoms with E-state index in [1.807, 2.05) is 6.92 Å². The molecule has 0 aliphatic carbocycles. The smallest absolute Gasteiger partial charge is 0.151 e. The highest BCUT2D eigenvalue weighted by Crippen LogP contribution is 2.31. The van der Waals surface area contributed by atoms with Crippen LogP contribution in [0.25, 0.3) is 0 Å². The first-order chi connectivity index (χ1) is 8.76. The molecule has 3 heterocycles. The van der Waals surface area contributed by atoms with Crippen molar-refractivity contribution in [1.29, 1.82) is 0 Å². The van der Waals surface area contributed by atoms with E-state index in [0.29, 0.717) is 6.04 Å². The van der Waals surface area contributed by atoms with E-state index in [1.165, 1.54) is 25.7 Å². The third-order valence-corrected chi connectivity index (χ3v) is 4.31. The van der Waals surface area contributed by atoms with Gasteiger partial charge >= 0.3 is 0 Å². The van der Waals surface area contributed by atoms with Gasteiger partial charge < -0.3 is 10.2 Å². The van der Waals surface area contributed by atoms with E-state index in [4.69, 9.17) is 0 Å². The van der Waals surface area contributed by atoms with E-state index in [-0.39, 0.29) is 0 Å². The molecule has 4 heteroatoms. The minimum atomic E-state index is 0.630. The maximum atomic E-state index is 4.35. The molecule has 2 saturated heterocycles. The largest absolute Gasteiger partial charge is 0.352 e. The SMILES string of the molecule is CCN(c1ccc(C)nn1)C1CC2CCC(C1)N2. The van der Waals surface area contributed by atoms with Crippen LogP contribution in [0.2, 0.25) is 0 Å². The number of aryl methyl sites for hydroxylation is 1. The normalized spacial score (nSPS) is 30.4. The van der Waals surface area contributed by atoms with Crippen LogP contribution in [-0.2, 0) is 0 Å². The van der Waals surface area contributed by atoms with Crippen LogP contribution in [0.15, 0.2) is 12.1 Å². The van der Waals surface area contributed by atoms with Crippen molar-refractivity contribution >= 4 is 5.82 Å². The zero-order valence-electron chi connectivity index (χ0n) is 11.3. The van der Waals surface area contributed by atoms with Gasteiger partial charge in [-0.3, -0.25) is 0 Å². The topological polar surface area (TPSA) is 41.1 Å². The number of aromatic nitrogens is 2. The van der Waals surface area contributed by atoms with Crippen LogP contribution < -0.4 is 10.2 Å². The molecule has 1 aromatic rings. The average molecular weight is 246 g/mol. The lowest BCUT2D eigenvalue weighted by atomic mass is 9.98. The summed E-state index contributed by atoms with van der Waals surface area (Å²) in [6, 6.07) is 6.24. The van der Waals surface area contributed by atoms with Gasteiger partial charge in [-0.2, -0.15) is 5.10 Å². The predicted molar refractivity (Wildman–Crippen MR) is 72.8 cm³/mol. The molecule has 0 saturated carbocycles. The van der Waals surface area contributed by atoms with Gasteiger partial charge in [0, 0.05) is 24.7 Å². The molecule has 2 bridgehead atoms. The van der Waals surface area contributed by atoms with Crippen LogP contribution in [0.4, 0.5) is 5.82 Å². The summed E-state index contributed by atoms with van der Waals surface area (Å²) < 4.78 is 0. The Morgan fingerprint density at radius 3 is 2.50 bits per heavy atom. The number of hydrogen-bond acceptors (Lipinski definition) is 4. The maximum absolute atomic E-state index is 4.35. The number of fused-ring (bicyclic) bond motifs is 2. The molecule has 2 unspecified atom stereocenters. The molecule has 0 spiro atoms. The van der Waals surface area contributed by atoms with Gasteiger partial charge in [-0.05, 0) is 51.7 Å². The minimum Gasteiger partial charge on any atom is -0.352 e. The van der Waals surface area contributed by atoms with Crippen molar-refractivity contribution < 1.29 is 0 Å². The second-order valence-corrected chi connectivity index (χ2v) is 5.58. The molecule has 2 aliphatic heterocycles. The van der Waals surface area contributed by atoms with Gasteiger partial charge in [0.15, 0.2) is 5.82 Å². The van der Waals surface area contributed by atoms with E-state index in [2.05, 4.69) is 39.5 Å². The molecule has 0 radical (unpaired) electrons. The lowest BCUT2D eigenvalue weighted by Crippen LogP contribution is -2.48. The van der Waals surface area contributed by atoms with E-state index in [0.717, 1.165) is 30.1 Å². The Morgan fingerprint density at radius 2 is 1.94 bits per heavy atom. The van der Waals surface area contributed by atoms with E-state index < -0.39 is 0 Å². The van der Waals surface area contributed by atoms with Crippen molar-refractivity contribution in [2.45, 2.75) is 57.7 Å². The van der Waals surface area contributed by atoms with E-state index in [9.17, 15) is 0 Å². The Bertz CT molecular complexity index is 391. The number of anilines is 1. The van der Waals surface area contributed by atoms with Crippen molar-refractivity contribution in [3.63, 3.8) is 0 Å². The van der Waals surface area contributed by atoms with E-state index >= 15 is 0 Å². The van der Waals surface area contributed by atoms with Crippen LogP contribution in [0.3, 0.4) is 0 Å². The number of hydrogen-bond donors (Lipinski definition) is 1. The van der Waals surface area contributed by atoms with Crippen molar-refractivity contribution in [1.82, 2.24) is 15.5 Å². The predicted octanol–water partition coefficient (Wildman–Crippen LogP) is 1.89. The number of piperidine rings is 1. The lowest BCUT2D eigenvalue weighted by Gasteiger charge is -2.37.